The molecule has 1 amide bonds. The van der Waals surface area contributed by atoms with Crippen LogP contribution < -0.4 is 11.1 Å². The lowest BCUT2D eigenvalue weighted by Crippen LogP contribution is -2.33. The van der Waals surface area contributed by atoms with Crippen LogP contribution in [0.2, 0.25) is 0 Å². The molecule has 1 aliphatic rings. The molecule has 0 saturated carbocycles. The number of benzene rings is 3. The fraction of sp³-hybridized carbons (Fsp3) is 0.720. The van der Waals surface area contributed by atoms with Crippen LogP contribution in [-0.2, 0) is 42.9 Å². The van der Waals surface area contributed by atoms with Gasteiger partial charge in [-0.3, -0.25) is 0 Å². The maximum absolute atomic E-state index is 11.7. The Morgan fingerprint density at radius 2 is 0.793 bits per heavy atom. The molecular weight excluding hydrogens is 1160 g/mol. The summed E-state index contributed by atoms with van der Waals surface area (Å²) < 4.78 is 23.9. The van der Waals surface area contributed by atoms with Crippen LogP contribution in [0.3, 0.4) is 0 Å². The summed E-state index contributed by atoms with van der Waals surface area (Å²) in [5.41, 5.74) is 8.17. The number of carbonyl (C=O) groups excluding carboxylic acids is 3. The van der Waals surface area contributed by atoms with Crippen molar-refractivity contribution in [1.29, 1.82) is 0 Å². The Balaban J connectivity index is 0. The van der Waals surface area contributed by atoms with E-state index in [-0.39, 0.29) is 14.5 Å². The van der Waals surface area contributed by atoms with Gasteiger partial charge in [0, 0.05) is 28.2 Å². The topological polar surface area (TPSA) is 257 Å². The number of alkyl carbamates (subject to hydrolysis) is 1. The second-order valence-electron chi connectivity index (χ2n) is 27.7. The lowest BCUT2D eigenvalue weighted by molar-refractivity contribution is -0.0295. The fourth-order valence-electron chi connectivity index (χ4n) is 10.7. The van der Waals surface area contributed by atoms with Crippen molar-refractivity contribution in [2.24, 2.45) is 5.73 Å². The van der Waals surface area contributed by atoms with Gasteiger partial charge in [-0.05, 0) is 211 Å². The zero-order valence-corrected chi connectivity index (χ0v) is 60.3. The molecule has 17 heteroatoms. The van der Waals surface area contributed by atoms with Gasteiger partial charge in [0.25, 0.3) is 0 Å². The summed E-state index contributed by atoms with van der Waals surface area (Å²) in [4.78, 5) is 33.7. The van der Waals surface area contributed by atoms with Crippen LogP contribution in [0.5, 0.6) is 0 Å². The zero-order chi connectivity index (χ0) is 69.2. The Kier molecular flexibility index (Phi) is 46.8. The summed E-state index contributed by atoms with van der Waals surface area (Å²) in [5, 5.41) is 65.5. The quantitative estimate of drug-likeness (QED) is 0.0125. The molecule has 3 radical (unpaired) electrons. The van der Waals surface area contributed by atoms with E-state index in [9.17, 15) is 45.0 Å². The van der Waals surface area contributed by atoms with E-state index < -0.39 is 64.2 Å². The number of hydrogen-bond acceptors (Lipinski definition) is 15. The first-order chi connectivity index (χ1) is 42.7. The highest BCUT2D eigenvalue weighted by molar-refractivity contribution is 5.77. The van der Waals surface area contributed by atoms with Crippen LogP contribution in [0.4, 0.5) is 14.4 Å². The third kappa shape index (κ3) is 44.9. The molecule has 0 aliphatic carbocycles. The molecule has 3 aromatic rings. The SMILES string of the molecule is C1CCOC1.CC(C)(C)OC(=O)OC(=O)OC(C)(C)C.CCCC(O)(CCC)CCc1cccc(C(O)CCN)c1.CCCC(O)(CCC)CCc1cccc(C(O)CCNC(=O)OC(C)(C)C)c1.CCCCC(O)c1cccc(CCC(O)(CCC)CCC)c1.[B]. The maximum Gasteiger partial charge on any atom is 0.519 e. The second-order valence-corrected chi connectivity index (χ2v) is 27.7. The van der Waals surface area contributed by atoms with E-state index >= 15 is 0 Å². The van der Waals surface area contributed by atoms with Gasteiger partial charge in [-0.25, -0.2) is 14.4 Å². The number of aliphatic hydroxyl groups is 6. The standard InChI is InChI=1S/C23H39NO4.C20H34O2.C18H31NO2.C10H18O5.C4H8O.B/c1-6-13-23(27,14-7-2)15-11-18-9-8-10-19(17-18)20(25)12-16-24-21(26)28-22(3,4)5;1-4-7-11-19(21)18-10-8-9-17(16-18)12-15-20(22,13-5-2)14-6-3;1-3-10-18(21,11-4-2)12-8-15-6-5-7-16(14-15)17(20)9-13-19;1-9(2,3)14-7(11)13-8(12)15-10(4,5)6;1-2-4-5-3-1;/h8-10,17,20,25,27H,6-7,11-16H2,1-5H3,(H,24,26);8-10,16,19,21-22H,4-7,11-15H2,1-3H3;5-7,14,17,20-21H,3-4,8-13,19H2,1-2H3;1-6H3;1-4H2;. The van der Waals surface area contributed by atoms with Crippen molar-refractivity contribution >= 4 is 26.8 Å². The lowest BCUT2D eigenvalue weighted by atomic mass is 9.86. The predicted octanol–water partition coefficient (Wildman–Crippen LogP) is 16.7. The number of amides is 1. The van der Waals surface area contributed by atoms with E-state index in [1.807, 2.05) is 75.4 Å². The van der Waals surface area contributed by atoms with Crippen LogP contribution in [0.15, 0.2) is 72.8 Å². The third-order valence-electron chi connectivity index (χ3n) is 15.1. The first-order valence-corrected chi connectivity index (χ1v) is 34.5. The Hall–Kier alpha value is -4.59. The van der Waals surface area contributed by atoms with Gasteiger partial charge >= 0.3 is 18.4 Å². The van der Waals surface area contributed by atoms with Crippen molar-refractivity contribution in [1.82, 2.24) is 5.32 Å². The molecule has 0 bridgehead atoms. The van der Waals surface area contributed by atoms with Gasteiger partial charge < -0.3 is 65.4 Å². The third-order valence-corrected chi connectivity index (χ3v) is 15.1. The lowest BCUT2D eigenvalue weighted by Gasteiger charge is -2.27. The van der Waals surface area contributed by atoms with Crippen molar-refractivity contribution in [3.8, 4) is 0 Å². The fourth-order valence-corrected chi connectivity index (χ4v) is 10.7. The van der Waals surface area contributed by atoms with E-state index in [2.05, 4.69) is 76.7 Å². The molecule has 9 N–H and O–H groups in total. The summed E-state index contributed by atoms with van der Waals surface area (Å²) in [7, 11) is 0. The molecule has 3 atom stereocenters. The summed E-state index contributed by atoms with van der Waals surface area (Å²) in [6, 6.07) is 24.1. The molecule has 1 fully saturated rings. The van der Waals surface area contributed by atoms with Gasteiger partial charge in [0.15, 0.2) is 0 Å². The highest BCUT2D eigenvalue weighted by Gasteiger charge is 2.28. The van der Waals surface area contributed by atoms with E-state index in [4.69, 9.17) is 24.7 Å². The molecule has 1 aliphatic heterocycles. The van der Waals surface area contributed by atoms with Crippen molar-refractivity contribution in [2.45, 2.75) is 323 Å². The van der Waals surface area contributed by atoms with Gasteiger partial charge in [0.1, 0.15) is 16.8 Å². The normalized spacial score (nSPS) is 13.5. The molecule has 527 valence electrons. The first-order valence-electron chi connectivity index (χ1n) is 34.5. The van der Waals surface area contributed by atoms with Gasteiger partial charge in [-0.1, -0.05) is 173 Å². The highest BCUT2D eigenvalue weighted by atomic mass is 16.8. The van der Waals surface area contributed by atoms with Gasteiger partial charge in [-0.2, -0.15) is 0 Å². The molecule has 4 rings (SSSR count). The minimum atomic E-state index is -1.06. The average Bonchev–Trinajstić information content (AvgIpc) is 1.25. The molecule has 92 heavy (non-hydrogen) atoms. The molecule has 3 aromatic carbocycles. The predicted molar refractivity (Wildman–Crippen MR) is 375 cm³/mol. The number of aryl methyl sites for hydroxylation is 3. The van der Waals surface area contributed by atoms with Crippen molar-refractivity contribution in [2.75, 3.05) is 26.3 Å². The number of ether oxygens (including phenoxy) is 5. The highest BCUT2D eigenvalue weighted by Crippen LogP contribution is 2.30. The molecule has 1 saturated heterocycles. The summed E-state index contributed by atoms with van der Waals surface area (Å²) in [6.45, 7) is 33.1. The average molecular weight is 1290 g/mol. The van der Waals surface area contributed by atoms with Crippen LogP contribution in [0.1, 0.15) is 304 Å². The smallest absolute Gasteiger partial charge is 0.444 e. The number of aliphatic hydroxyl groups excluding tert-OH is 3. The summed E-state index contributed by atoms with van der Waals surface area (Å²) in [5.74, 6) is 0. The van der Waals surface area contributed by atoms with Crippen molar-refractivity contribution in [3.63, 3.8) is 0 Å². The van der Waals surface area contributed by atoms with Crippen LogP contribution >= 0.6 is 0 Å². The van der Waals surface area contributed by atoms with E-state index in [1.165, 1.54) is 24.0 Å². The zero-order valence-electron chi connectivity index (χ0n) is 60.3. The Bertz CT molecular complexity index is 2330. The number of hydrogen-bond donors (Lipinski definition) is 8. The summed E-state index contributed by atoms with van der Waals surface area (Å²) in [6.07, 6.45) is 18.4. The van der Waals surface area contributed by atoms with Crippen molar-refractivity contribution in [3.05, 3.63) is 106 Å². The van der Waals surface area contributed by atoms with Gasteiger partial charge in [0.2, 0.25) is 0 Å². The van der Waals surface area contributed by atoms with E-state index in [0.717, 1.165) is 170 Å². The molecular formula is C75H130BN2O14. The molecule has 3 unspecified atom stereocenters. The molecule has 1 heterocycles. The van der Waals surface area contributed by atoms with E-state index in [1.54, 1.807) is 41.5 Å². The van der Waals surface area contributed by atoms with Crippen LogP contribution in [0, 0.1) is 0 Å². The maximum atomic E-state index is 11.7. The molecule has 0 aromatic heterocycles. The second kappa shape index (κ2) is 48.2. The molecule has 16 nitrogen and oxygen atoms in total. The largest absolute Gasteiger partial charge is 0.519 e. The number of nitrogens with one attached hydrogen (secondary N) is 1. The monoisotopic (exact) mass is 1290 g/mol. The van der Waals surface area contributed by atoms with Crippen LogP contribution in [-0.4, -0.2) is 117 Å². The first kappa shape index (κ1) is 89.5. The van der Waals surface area contributed by atoms with E-state index in [0.29, 0.717) is 25.9 Å². The number of unbranched alkanes of at least 4 members (excludes halogenated alkanes) is 1. The number of nitrogens with two attached hydrogens (primary N) is 1. The Morgan fingerprint density at radius 1 is 0.478 bits per heavy atom. The summed E-state index contributed by atoms with van der Waals surface area (Å²) >= 11 is 0. The minimum Gasteiger partial charge on any atom is -0.444 e. The Morgan fingerprint density at radius 3 is 1.07 bits per heavy atom. The van der Waals surface area contributed by atoms with Crippen LogP contribution in [0.25, 0.3) is 0 Å². The van der Waals surface area contributed by atoms with Gasteiger partial charge in [0.05, 0.1) is 35.1 Å². The molecule has 0 spiro atoms. The van der Waals surface area contributed by atoms with Gasteiger partial charge in [-0.15, -0.1) is 0 Å². The number of carbonyl (C=O) groups is 3. The van der Waals surface area contributed by atoms with Crippen molar-refractivity contribution < 1.29 is 68.7 Å². The minimum absolute atomic E-state index is 0. The Labute approximate surface area is 559 Å². The number of rotatable bonds is 32.